The predicted molar refractivity (Wildman–Crippen MR) is 88.2 cm³/mol. The van der Waals surface area contributed by atoms with Crippen LogP contribution in [0.5, 0.6) is 11.8 Å². The van der Waals surface area contributed by atoms with Crippen molar-refractivity contribution in [2.45, 2.75) is 19.1 Å². The average Bonchev–Trinajstić information content (AvgIpc) is 3.02. The highest BCUT2D eigenvalue weighted by atomic mass is 16.6. The minimum absolute atomic E-state index is 0.0207. The van der Waals surface area contributed by atoms with E-state index in [0.29, 0.717) is 5.88 Å². The molecule has 0 saturated carbocycles. The number of aromatic nitrogens is 1. The molecule has 0 amide bonds. The van der Waals surface area contributed by atoms with E-state index in [2.05, 4.69) is 22.0 Å². The first-order valence-corrected chi connectivity index (χ1v) is 7.78. The molecule has 7 heteroatoms. The summed E-state index contributed by atoms with van der Waals surface area (Å²) in [4.78, 5) is 16.8. The van der Waals surface area contributed by atoms with Crippen molar-refractivity contribution in [1.29, 1.82) is 0 Å². The number of hydrogen-bond acceptors (Lipinski definition) is 6. The smallest absolute Gasteiger partial charge is 0.331 e. The molecular formula is C17H19N3O4. The third kappa shape index (κ3) is 3.80. The molecule has 1 aromatic heterocycles. The van der Waals surface area contributed by atoms with Gasteiger partial charge < -0.3 is 9.47 Å². The molecule has 0 N–H and O–H groups in total. The van der Waals surface area contributed by atoms with Crippen LogP contribution in [0.15, 0.2) is 42.5 Å². The van der Waals surface area contributed by atoms with Crippen LogP contribution in [0.4, 0.5) is 5.69 Å². The maximum Gasteiger partial charge on any atom is 0.331 e. The molecule has 1 unspecified atom stereocenters. The van der Waals surface area contributed by atoms with Crippen LogP contribution in [0.2, 0.25) is 0 Å². The van der Waals surface area contributed by atoms with Gasteiger partial charge in [0, 0.05) is 31.8 Å². The van der Waals surface area contributed by atoms with Gasteiger partial charge in [-0.3, -0.25) is 15.0 Å². The number of benzene rings is 1. The van der Waals surface area contributed by atoms with Gasteiger partial charge in [-0.1, -0.05) is 30.3 Å². The zero-order valence-corrected chi connectivity index (χ0v) is 13.4. The normalized spacial score (nSPS) is 17.6. The van der Waals surface area contributed by atoms with Crippen LogP contribution < -0.4 is 9.47 Å². The molecule has 3 rings (SSSR count). The summed E-state index contributed by atoms with van der Waals surface area (Å²) in [5.41, 5.74) is 1.11. The lowest BCUT2D eigenvalue weighted by Crippen LogP contribution is -2.24. The van der Waals surface area contributed by atoms with Gasteiger partial charge in [0.25, 0.3) is 5.88 Å². The maximum atomic E-state index is 10.9. The molecule has 1 aliphatic rings. The highest BCUT2D eigenvalue weighted by Gasteiger charge is 2.25. The second kappa shape index (κ2) is 7.27. The van der Waals surface area contributed by atoms with Crippen LogP contribution >= 0.6 is 0 Å². The maximum absolute atomic E-state index is 10.9. The van der Waals surface area contributed by atoms with Crippen molar-refractivity contribution >= 4 is 5.69 Å². The molecule has 1 fully saturated rings. The molecule has 2 heterocycles. The van der Waals surface area contributed by atoms with Crippen LogP contribution in [0, 0.1) is 10.1 Å². The summed E-state index contributed by atoms with van der Waals surface area (Å²) >= 11 is 0. The monoisotopic (exact) mass is 329 g/mol. The largest absolute Gasteiger partial charge is 0.476 e. The van der Waals surface area contributed by atoms with Crippen molar-refractivity contribution in [1.82, 2.24) is 9.88 Å². The third-order valence-corrected chi connectivity index (χ3v) is 3.97. The molecule has 126 valence electrons. The average molecular weight is 329 g/mol. The molecule has 0 spiro atoms. The quantitative estimate of drug-likeness (QED) is 0.599. The Labute approximate surface area is 140 Å². The van der Waals surface area contributed by atoms with Crippen molar-refractivity contribution in [2.24, 2.45) is 0 Å². The lowest BCUT2D eigenvalue weighted by atomic mass is 10.2. The van der Waals surface area contributed by atoms with Gasteiger partial charge in [-0.2, -0.15) is 4.98 Å². The van der Waals surface area contributed by atoms with Crippen LogP contribution in [0.1, 0.15) is 12.0 Å². The van der Waals surface area contributed by atoms with Crippen molar-refractivity contribution in [3.63, 3.8) is 0 Å². The van der Waals surface area contributed by atoms with E-state index in [1.165, 1.54) is 24.8 Å². The Morgan fingerprint density at radius 2 is 2.08 bits per heavy atom. The SMILES string of the molecule is COc1nc(OC2CCN(Cc3ccccc3)C2)ccc1[N+](=O)[O-]. The van der Waals surface area contributed by atoms with Gasteiger partial charge in [0.05, 0.1) is 12.0 Å². The Morgan fingerprint density at radius 1 is 1.29 bits per heavy atom. The van der Waals surface area contributed by atoms with Gasteiger partial charge >= 0.3 is 5.69 Å². The van der Waals surface area contributed by atoms with Crippen LogP contribution in [-0.4, -0.2) is 41.1 Å². The van der Waals surface area contributed by atoms with Crippen LogP contribution in [0.25, 0.3) is 0 Å². The fourth-order valence-corrected chi connectivity index (χ4v) is 2.82. The van der Waals surface area contributed by atoms with E-state index in [9.17, 15) is 10.1 Å². The van der Waals surface area contributed by atoms with E-state index in [1.807, 2.05) is 18.2 Å². The van der Waals surface area contributed by atoms with Gasteiger partial charge in [0.2, 0.25) is 5.88 Å². The zero-order chi connectivity index (χ0) is 16.9. The zero-order valence-electron chi connectivity index (χ0n) is 13.4. The van der Waals surface area contributed by atoms with E-state index >= 15 is 0 Å². The van der Waals surface area contributed by atoms with Crippen molar-refractivity contribution in [3.05, 3.63) is 58.1 Å². The third-order valence-electron chi connectivity index (χ3n) is 3.97. The van der Waals surface area contributed by atoms with Crippen molar-refractivity contribution in [2.75, 3.05) is 20.2 Å². The fourth-order valence-electron chi connectivity index (χ4n) is 2.82. The highest BCUT2D eigenvalue weighted by molar-refractivity contribution is 5.42. The number of hydrogen-bond donors (Lipinski definition) is 0. The first-order valence-electron chi connectivity index (χ1n) is 7.78. The molecule has 2 aromatic rings. The van der Waals surface area contributed by atoms with E-state index in [4.69, 9.17) is 9.47 Å². The minimum Gasteiger partial charge on any atom is -0.476 e. The summed E-state index contributed by atoms with van der Waals surface area (Å²) in [6, 6.07) is 13.2. The van der Waals surface area contributed by atoms with Gasteiger partial charge in [0.1, 0.15) is 6.10 Å². The summed E-state index contributed by atoms with van der Waals surface area (Å²) in [6.07, 6.45) is 0.917. The van der Waals surface area contributed by atoms with Gasteiger partial charge in [-0.05, 0) is 12.0 Å². The molecule has 0 radical (unpaired) electrons. The van der Waals surface area contributed by atoms with E-state index in [-0.39, 0.29) is 17.7 Å². The number of ether oxygens (including phenoxy) is 2. The molecule has 0 bridgehead atoms. The Morgan fingerprint density at radius 3 is 2.79 bits per heavy atom. The second-order valence-corrected chi connectivity index (χ2v) is 5.68. The summed E-state index contributed by atoms with van der Waals surface area (Å²) in [5, 5.41) is 10.9. The second-order valence-electron chi connectivity index (χ2n) is 5.68. The molecule has 1 atom stereocenters. The lowest BCUT2D eigenvalue weighted by molar-refractivity contribution is -0.386. The summed E-state index contributed by atoms with van der Waals surface area (Å²) in [7, 11) is 1.36. The first kappa shape index (κ1) is 16.2. The number of methoxy groups -OCH3 is 1. The molecule has 1 aromatic carbocycles. The summed E-state index contributed by atoms with van der Waals surface area (Å²) < 4.78 is 10.8. The molecule has 24 heavy (non-hydrogen) atoms. The molecular weight excluding hydrogens is 310 g/mol. The van der Waals surface area contributed by atoms with Crippen molar-refractivity contribution < 1.29 is 14.4 Å². The van der Waals surface area contributed by atoms with Crippen LogP contribution in [-0.2, 0) is 6.54 Å². The first-order chi connectivity index (χ1) is 11.7. The number of rotatable bonds is 6. The van der Waals surface area contributed by atoms with Gasteiger partial charge in [-0.25, -0.2) is 0 Å². The van der Waals surface area contributed by atoms with Crippen LogP contribution in [0.3, 0.4) is 0 Å². The van der Waals surface area contributed by atoms with E-state index in [1.54, 1.807) is 0 Å². The fraction of sp³-hybridized carbons (Fsp3) is 0.353. The predicted octanol–water partition coefficient (Wildman–Crippen LogP) is 2.65. The van der Waals surface area contributed by atoms with E-state index in [0.717, 1.165) is 26.1 Å². The highest BCUT2D eigenvalue weighted by Crippen LogP contribution is 2.28. The van der Waals surface area contributed by atoms with E-state index < -0.39 is 4.92 Å². The summed E-state index contributed by atoms with van der Waals surface area (Å²) in [5.74, 6) is 0.320. The van der Waals surface area contributed by atoms with Crippen molar-refractivity contribution in [3.8, 4) is 11.8 Å². The Balaban J connectivity index is 1.60. The Bertz CT molecular complexity index is 708. The number of likely N-dealkylation sites (tertiary alicyclic amines) is 1. The molecule has 0 aliphatic carbocycles. The topological polar surface area (TPSA) is 77.7 Å². The Kier molecular flexibility index (Phi) is 4.90. The minimum atomic E-state index is -0.521. The number of nitro groups is 1. The number of pyridine rings is 1. The standard InChI is InChI=1S/C17H19N3O4/c1-23-17-15(20(21)22)7-8-16(18-17)24-14-9-10-19(12-14)11-13-5-3-2-4-6-13/h2-8,14H,9-12H2,1H3. The summed E-state index contributed by atoms with van der Waals surface area (Å²) in [6.45, 7) is 2.64. The molecule has 1 aliphatic heterocycles. The number of nitrogens with zero attached hydrogens (tertiary/aromatic N) is 3. The lowest BCUT2D eigenvalue weighted by Gasteiger charge is -2.16. The molecule has 1 saturated heterocycles. The molecule has 7 nitrogen and oxygen atoms in total. The van der Waals surface area contributed by atoms with Gasteiger partial charge in [-0.15, -0.1) is 0 Å². The van der Waals surface area contributed by atoms with Gasteiger partial charge in [0.15, 0.2) is 0 Å². The Hall–Kier alpha value is -2.67.